The van der Waals surface area contributed by atoms with Gasteiger partial charge in [-0.15, -0.1) is 10.2 Å². The first kappa shape index (κ1) is 30.3. The normalized spacial score (nSPS) is 18.6. The van der Waals surface area contributed by atoms with Crippen molar-refractivity contribution in [1.29, 1.82) is 0 Å². The lowest BCUT2D eigenvalue weighted by molar-refractivity contribution is -0.0603. The van der Waals surface area contributed by atoms with Crippen LogP contribution in [0.15, 0.2) is 48.5 Å². The number of rotatable bonds is 8. The predicted molar refractivity (Wildman–Crippen MR) is 163 cm³/mol. The quantitative estimate of drug-likeness (QED) is 0.308. The molecule has 2 fully saturated rings. The minimum Gasteiger partial charge on any atom is -0.379 e. The number of hydrogen-bond acceptors (Lipinski definition) is 10. The van der Waals surface area contributed by atoms with E-state index in [2.05, 4.69) is 46.6 Å². The third-order valence-corrected chi connectivity index (χ3v) is 7.82. The van der Waals surface area contributed by atoms with E-state index in [1.54, 1.807) is 12.1 Å². The monoisotopic (exact) mass is 588 g/mol. The van der Waals surface area contributed by atoms with E-state index in [1.165, 1.54) is 5.56 Å². The van der Waals surface area contributed by atoms with Gasteiger partial charge in [0.1, 0.15) is 6.23 Å². The van der Waals surface area contributed by atoms with Gasteiger partial charge in [-0.2, -0.15) is 4.98 Å². The third-order valence-electron chi connectivity index (χ3n) is 7.82. The number of hydrogen-bond donors (Lipinski definition) is 4. The molecular formula is C31H40N8O4. The molecule has 5 rings (SSSR count). The molecule has 0 aliphatic carbocycles. The van der Waals surface area contributed by atoms with Crippen molar-refractivity contribution in [3.05, 3.63) is 70.9 Å². The van der Waals surface area contributed by atoms with Crippen molar-refractivity contribution in [1.82, 2.24) is 25.0 Å². The minimum absolute atomic E-state index is 0.0142. The maximum Gasteiger partial charge on any atom is 0.273 e. The number of aromatic nitrogens is 3. The Morgan fingerprint density at radius 1 is 1.02 bits per heavy atom. The number of benzene rings is 2. The summed E-state index contributed by atoms with van der Waals surface area (Å²) in [6.07, 6.45) is 0.911. The number of carbonyl (C=O) groups excluding carboxylic acids is 2. The molecular weight excluding hydrogens is 548 g/mol. The van der Waals surface area contributed by atoms with Crippen molar-refractivity contribution in [2.75, 3.05) is 50.0 Å². The highest BCUT2D eigenvalue weighted by atomic mass is 16.5. The summed E-state index contributed by atoms with van der Waals surface area (Å²) in [5.41, 5.74) is 8.69. The number of nitrogens with two attached hydrogens (primary N) is 1. The number of nitrogens with one attached hydrogen (secondary N) is 2. The number of carbonyl (C=O) groups is 2. The lowest BCUT2D eigenvalue weighted by Crippen LogP contribution is -2.45. The highest BCUT2D eigenvalue weighted by Crippen LogP contribution is 2.25. The lowest BCUT2D eigenvalue weighted by Gasteiger charge is -2.33. The molecule has 2 amide bonds. The Bertz CT molecular complexity index is 1420. The van der Waals surface area contributed by atoms with Gasteiger partial charge in [0.15, 0.2) is 11.5 Å². The zero-order valence-electron chi connectivity index (χ0n) is 24.9. The van der Waals surface area contributed by atoms with Crippen LogP contribution >= 0.6 is 0 Å². The summed E-state index contributed by atoms with van der Waals surface area (Å²) in [4.78, 5) is 33.6. The first-order valence-corrected chi connectivity index (χ1v) is 14.7. The molecule has 2 aliphatic rings. The van der Waals surface area contributed by atoms with Crippen molar-refractivity contribution in [2.45, 2.75) is 51.3 Å². The Morgan fingerprint density at radius 3 is 2.37 bits per heavy atom. The SMILES string of the molecule is CC(C)(C)c1ccc(C(=O)N2CCC[C@@H](Nc3nnc(C(N)=O)c(Nc4ccc(C(O)N5CCOCC5)cc4)n3)C2)cc1. The van der Waals surface area contributed by atoms with Gasteiger partial charge in [-0.05, 0) is 53.6 Å². The molecule has 12 nitrogen and oxygen atoms in total. The van der Waals surface area contributed by atoms with E-state index in [4.69, 9.17) is 10.5 Å². The number of anilines is 3. The average molecular weight is 589 g/mol. The lowest BCUT2D eigenvalue weighted by atomic mass is 9.86. The van der Waals surface area contributed by atoms with E-state index in [0.717, 1.165) is 18.4 Å². The van der Waals surface area contributed by atoms with Crippen LogP contribution in [0, 0.1) is 0 Å². The fraction of sp³-hybridized carbons (Fsp3) is 0.452. The van der Waals surface area contributed by atoms with E-state index in [-0.39, 0.29) is 34.8 Å². The number of amides is 2. The second-order valence-corrected chi connectivity index (χ2v) is 12.0. The van der Waals surface area contributed by atoms with Crippen LogP contribution in [-0.4, -0.2) is 87.3 Å². The Labute approximate surface area is 251 Å². The number of likely N-dealkylation sites (tertiary alicyclic amines) is 1. The Hall–Kier alpha value is -4.13. The van der Waals surface area contributed by atoms with Gasteiger partial charge in [0.25, 0.3) is 11.8 Å². The number of nitrogens with zero attached hydrogens (tertiary/aromatic N) is 5. The predicted octanol–water partition coefficient (Wildman–Crippen LogP) is 3.05. The first-order valence-electron chi connectivity index (χ1n) is 14.7. The van der Waals surface area contributed by atoms with Crippen LogP contribution in [-0.2, 0) is 10.2 Å². The summed E-state index contributed by atoms with van der Waals surface area (Å²) in [5, 5.41) is 25.2. The number of aliphatic hydroxyl groups excluding tert-OH is 1. The minimum atomic E-state index is -0.764. The molecule has 0 saturated carbocycles. The molecule has 2 aliphatic heterocycles. The maximum atomic E-state index is 13.3. The molecule has 3 heterocycles. The number of piperidine rings is 1. The van der Waals surface area contributed by atoms with Gasteiger partial charge in [-0.3, -0.25) is 14.5 Å². The van der Waals surface area contributed by atoms with E-state index in [9.17, 15) is 14.7 Å². The summed E-state index contributed by atoms with van der Waals surface area (Å²) in [7, 11) is 0. The van der Waals surface area contributed by atoms with Crippen molar-refractivity contribution in [2.24, 2.45) is 5.73 Å². The van der Waals surface area contributed by atoms with Crippen LogP contribution in [0.5, 0.6) is 0 Å². The van der Waals surface area contributed by atoms with Crippen LogP contribution in [0.1, 0.15) is 71.8 Å². The summed E-state index contributed by atoms with van der Waals surface area (Å²) in [5.74, 6) is -0.394. The average Bonchev–Trinajstić information content (AvgIpc) is 3.01. The number of ether oxygens (including phenoxy) is 1. The molecule has 0 spiro atoms. The fourth-order valence-electron chi connectivity index (χ4n) is 5.31. The van der Waals surface area contributed by atoms with Crippen LogP contribution in [0.25, 0.3) is 0 Å². The number of morpholine rings is 1. The molecule has 1 unspecified atom stereocenters. The molecule has 1 aromatic heterocycles. The van der Waals surface area contributed by atoms with Crippen LogP contribution in [0.3, 0.4) is 0 Å². The summed E-state index contributed by atoms with van der Waals surface area (Å²) in [6, 6.07) is 14.9. The van der Waals surface area contributed by atoms with Crippen molar-refractivity contribution in [3.8, 4) is 0 Å². The standard InChI is InChI=1S/C31H40N8O4/c1-31(2,3)22-10-6-20(7-11-22)29(42)39-14-4-5-24(19-39)34-30-35-27(25(26(32)40)36-37-30)33-23-12-8-21(9-13-23)28(41)38-15-17-43-18-16-38/h6-13,24,28,41H,4-5,14-19H2,1-3H3,(H2,32,40)(H2,33,34,35,37)/t24-,28?/m1/s1. The topological polar surface area (TPSA) is 159 Å². The highest BCUT2D eigenvalue weighted by molar-refractivity contribution is 5.96. The van der Waals surface area contributed by atoms with Gasteiger partial charge in [-0.25, -0.2) is 0 Å². The van der Waals surface area contributed by atoms with Crippen molar-refractivity contribution < 1.29 is 19.4 Å². The zero-order chi connectivity index (χ0) is 30.6. The Balaban J connectivity index is 1.25. The van der Waals surface area contributed by atoms with E-state index in [0.29, 0.717) is 50.6 Å². The zero-order valence-corrected chi connectivity index (χ0v) is 24.9. The largest absolute Gasteiger partial charge is 0.379 e. The second kappa shape index (κ2) is 13.0. The molecule has 0 radical (unpaired) electrons. The number of aliphatic hydroxyl groups is 1. The van der Waals surface area contributed by atoms with Crippen molar-refractivity contribution in [3.63, 3.8) is 0 Å². The highest BCUT2D eigenvalue weighted by Gasteiger charge is 2.26. The summed E-state index contributed by atoms with van der Waals surface area (Å²) >= 11 is 0. The fourth-order valence-corrected chi connectivity index (χ4v) is 5.31. The van der Waals surface area contributed by atoms with E-state index < -0.39 is 12.1 Å². The molecule has 43 heavy (non-hydrogen) atoms. The summed E-state index contributed by atoms with van der Waals surface area (Å²) < 4.78 is 5.37. The van der Waals surface area contributed by atoms with Crippen LogP contribution in [0.4, 0.5) is 17.5 Å². The second-order valence-electron chi connectivity index (χ2n) is 12.0. The molecule has 0 bridgehead atoms. The number of primary amides is 1. The van der Waals surface area contributed by atoms with Gasteiger partial charge in [0.05, 0.1) is 13.2 Å². The first-order chi connectivity index (χ1) is 20.6. The Morgan fingerprint density at radius 2 is 1.72 bits per heavy atom. The Kier molecular flexibility index (Phi) is 9.19. The van der Waals surface area contributed by atoms with Gasteiger partial charge in [0.2, 0.25) is 5.95 Å². The van der Waals surface area contributed by atoms with Gasteiger partial charge in [0, 0.05) is 43.5 Å². The van der Waals surface area contributed by atoms with E-state index in [1.807, 2.05) is 46.2 Å². The van der Waals surface area contributed by atoms with E-state index >= 15 is 0 Å². The molecule has 5 N–H and O–H groups in total. The van der Waals surface area contributed by atoms with Gasteiger partial charge in [-0.1, -0.05) is 45.0 Å². The maximum absolute atomic E-state index is 13.3. The van der Waals surface area contributed by atoms with Gasteiger partial charge < -0.3 is 31.1 Å². The van der Waals surface area contributed by atoms with Crippen molar-refractivity contribution >= 4 is 29.3 Å². The van der Waals surface area contributed by atoms with Crippen LogP contribution < -0.4 is 16.4 Å². The molecule has 2 aromatic carbocycles. The molecule has 12 heteroatoms. The summed E-state index contributed by atoms with van der Waals surface area (Å²) in [6.45, 7) is 10.1. The third kappa shape index (κ3) is 7.45. The molecule has 228 valence electrons. The molecule has 2 atom stereocenters. The molecule has 2 saturated heterocycles. The molecule has 3 aromatic rings. The van der Waals surface area contributed by atoms with Gasteiger partial charge >= 0.3 is 0 Å². The van der Waals surface area contributed by atoms with Crippen LogP contribution in [0.2, 0.25) is 0 Å². The smallest absolute Gasteiger partial charge is 0.273 e.